The Morgan fingerprint density at radius 3 is 2.43 bits per heavy atom. The maximum absolute atomic E-state index is 12.4. The molecule has 0 aliphatic rings. The Bertz CT molecular complexity index is 726. The van der Waals surface area contributed by atoms with Gasteiger partial charge in [0.15, 0.2) is 5.75 Å². The number of hydrogen-bond acceptors (Lipinski definition) is 6. The number of rotatable bonds is 4. The lowest BCUT2D eigenvalue weighted by Crippen LogP contribution is -2.28. The Hall–Kier alpha value is -1.65. The summed E-state index contributed by atoms with van der Waals surface area (Å²) in [6.45, 7) is -0.640. The molecule has 2 aromatic heterocycles. The first-order valence-corrected chi connectivity index (χ1v) is 7.67. The molecule has 2 heterocycles. The van der Waals surface area contributed by atoms with Gasteiger partial charge in [0, 0.05) is 23.3 Å². The van der Waals surface area contributed by atoms with Gasteiger partial charge in [-0.1, -0.05) is 0 Å². The molecule has 0 saturated heterocycles. The molecule has 0 bridgehead atoms. The quantitative estimate of drug-likeness (QED) is 0.684. The van der Waals surface area contributed by atoms with E-state index >= 15 is 0 Å². The van der Waals surface area contributed by atoms with Crippen LogP contribution in [0.2, 0.25) is 0 Å². The van der Waals surface area contributed by atoms with Crippen LogP contribution in [0.4, 0.5) is 13.2 Å². The second-order valence-electron chi connectivity index (χ2n) is 3.78. The molecule has 1 N–H and O–H groups in total. The second kappa shape index (κ2) is 5.62. The van der Waals surface area contributed by atoms with Gasteiger partial charge in [0.25, 0.3) is 0 Å². The molecule has 5 nitrogen and oxygen atoms in total. The van der Waals surface area contributed by atoms with Crippen LogP contribution in [0.3, 0.4) is 0 Å². The first-order chi connectivity index (χ1) is 9.76. The van der Waals surface area contributed by atoms with E-state index in [0.29, 0.717) is 5.56 Å². The molecule has 0 unspecified atom stereocenters. The van der Waals surface area contributed by atoms with Crippen molar-refractivity contribution in [2.75, 3.05) is 0 Å². The molecule has 0 atom stereocenters. The van der Waals surface area contributed by atoms with Gasteiger partial charge < -0.3 is 9.29 Å². The van der Waals surface area contributed by atoms with Crippen LogP contribution < -0.4 is 4.18 Å². The highest BCUT2D eigenvalue weighted by molar-refractivity contribution is 7.88. The lowest BCUT2D eigenvalue weighted by Gasteiger charge is -2.11. The summed E-state index contributed by atoms with van der Waals surface area (Å²) in [6, 6.07) is 2.96. The number of thiophene rings is 1. The van der Waals surface area contributed by atoms with Gasteiger partial charge in [0.2, 0.25) is 0 Å². The molecule has 2 aromatic rings. The van der Waals surface area contributed by atoms with Crippen LogP contribution in [-0.2, 0) is 16.7 Å². The summed E-state index contributed by atoms with van der Waals surface area (Å²) < 4.78 is 63.7. The van der Waals surface area contributed by atoms with Gasteiger partial charge >= 0.3 is 15.6 Å². The molecular formula is C11H8F3NO4S2. The van der Waals surface area contributed by atoms with Crippen LogP contribution in [0, 0.1) is 0 Å². The number of aromatic nitrogens is 1. The smallest absolute Gasteiger partial charge is 0.391 e. The molecule has 0 radical (unpaired) electrons. The molecule has 0 amide bonds. The van der Waals surface area contributed by atoms with E-state index in [1.54, 1.807) is 0 Å². The van der Waals surface area contributed by atoms with Gasteiger partial charge in [-0.2, -0.15) is 21.6 Å². The average molecular weight is 339 g/mol. The van der Waals surface area contributed by atoms with Gasteiger partial charge in [0.1, 0.15) is 0 Å². The molecule has 0 aliphatic heterocycles. The molecule has 10 heteroatoms. The van der Waals surface area contributed by atoms with Crippen molar-refractivity contribution >= 4 is 21.5 Å². The van der Waals surface area contributed by atoms with Crippen molar-refractivity contribution in [2.45, 2.75) is 12.1 Å². The minimum atomic E-state index is -5.80. The van der Waals surface area contributed by atoms with E-state index in [-0.39, 0.29) is 10.4 Å². The number of hydrogen-bond donors (Lipinski definition) is 1. The minimum absolute atomic E-state index is 0.0189. The second-order valence-corrected chi connectivity index (χ2v) is 6.28. The molecule has 0 saturated carbocycles. The van der Waals surface area contributed by atoms with Crippen LogP contribution in [0.15, 0.2) is 29.9 Å². The zero-order valence-electron chi connectivity index (χ0n) is 10.2. The van der Waals surface area contributed by atoms with Crippen molar-refractivity contribution in [2.24, 2.45) is 0 Å². The third-order valence-corrected chi connectivity index (χ3v) is 4.33. The van der Waals surface area contributed by atoms with Crippen molar-refractivity contribution in [3.8, 4) is 16.9 Å². The standard InChI is InChI=1S/C11H8F3NO4S2/c12-11(13,14)21(17,18)19-10-8(6-20-9(10)5-16)7-1-3-15-4-2-7/h1-4,6,16H,5H2. The van der Waals surface area contributed by atoms with Gasteiger partial charge in [-0.3, -0.25) is 4.98 Å². The van der Waals surface area contributed by atoms with Crippen molar-refractivity contribution in [3.63, 3.8) is 0 Å². The fraction of sp³-hybridized carbons (Fsp3) is 0.182. The summed E-state index contributed by atoms with van der Waals surface area (Å²) >= 11 is 0.895. The van der Waals surface area contributed by atoms with E-state index in [4.69, 9.17) is 5.11 Å². The zero-order chi connectivity index (χ0) is 15.7. The van der Waals surface area contributed by atoms with E-state index in [2.05, 4.69) is 9.17 Å². The van der Waals surface area contributed by atoms with Crippen LogP contribution in [0.1, 0.15) is 4.88 Å². The summed E-state index contributed by atoms with van der Waals surface area (Å²) in [4.78, 5) is 3.74. The number of aliphatic hydroxyl groups is 1. The highest BCUT2D eigenvalue weighted by Gasteiger charge is 2.49. The maximum Gasteiger partial charge on any atom is 0.534 e. The highest BCUT2D eigenvalue weighted by Crippen LogP contribution is 2.40. The molecule has 2 rings (SSSR count). The summed E-state index contributed by atoms with van der Waals surface area (Å²) in [5, 5.41) is 10.5. The molecule has 0 aromatic carbocycles. The first-order valence-electron chi connectivity index (χ1n) is 5.38. The largest absolute Gasteiger partial charge is 0.534 e. The fourth-order valence-electron chi connectivity index (χ4n) is 1.48. The normalized spacial score (nSPS) is 12.4. The zero-order valence-corrected chi connectivity index (χ0v) is 11.8. The van der Waals surface area contributed by atoms with E-state index in [0.717, 1.165) is 11.3 Å². The van der Waals surface area contributed by atoms with Gasteiger partial charge in [-0.05, 0) is 17.7 Å². The van der Waals surface area contributed by atoms with Crippen LogP contribution in [0.5, 0.6) is 5.75 Å². The maximum atomic E-state index is 12.4. The summed E-state index contributed by atoms with van der Waals surface area (Å²) in [7, 11) is -5.80. The Morgan fingerprint density at radius 2 is 1.90 bits per heavy atom. The Labute approximate surface area is 121 Å². The Kier molecular flexibility index (Phi) is 4.21. The summed E-state index contributed by atoms with van der Waals surface area (Å²) in [5.41, 5.74) is -4.98. The summed E-state index contributed by atoms with van der Waals surface area (Å²) in [6.07, 6.45) is 2.79. The molecular weight excluding hydrogens is 331 g/mol. The van der Waals surface area contributed by atoms with Gasteiger partial charge in [0.05, 0.1) is 11.5 Å². The third-order valence-electron chi connectivity index (χ3n) is 2.43. The monoisotopic (exact) mass is 339 g/mol. The predicted octanol–water partition coefficient (Wildman–Crippen LogP) is 2.53. The number of nitrogens with zero attached hydrogens (tertiary/aromatic N) is 1. The molecule has 0 spiro atoms. The van der Waals surface area contributed by atoms with Crippen molar-refractivity contribution in [3.05, 3.63) is 34.8 Å². The predicted molar refractivity (Wildman–Crippen MR) is 69.1 cm³/mol. The van der Waals surface area contributed by atoms with E-state index < -0.39 is 28.0 Å². The summed E-state index contributed by atoms with van der Waals surface area (Å²) in [5.74, 6) is -0.522. The average Bonchev–Trinajstić information content (AvgIpc) is 2.80. The van der Waals surface area contributed by atoms with Crippen molar-refractivity contribution in [1.82, 2.24) is 4.98 Å². The minimum Gasteiger partial charge on any atom is -0.391 e. The third kappa shape index (κ3) is 3.17. The lowest BCUT2D eigenvalue weighted by atomic mass is 10.1. The number of aliphatic hydroxyl groups excluding tert-OH is 1. The number of halogens is 3. The SMILES string of the molecule is O=S(=O)(Oc1c(-c2ccncc2)csc1CO)C(F)(F)F. The van der Waals surface area contributed by atoms with Crippen LogP contribution in [0.25, 0.3) is 11.1 Å². The molecule has 0 aliphatic carbocycles. The topological polar surface area (TPSA) is 76.5 Å². The van der Waals surface area contributed by atoms with Gasteiger partial charge in [-0.15, -0.1) is 11.3 Å². The Morgan fingerprint density at radius 1 is 1.29 bits per heavy atom. The van der Waals surface area contributed by atoms with E-state index in [9.17, 15) is 21.6 Å². The molecule has 21 heavy (non-hydrogen) atoms. The fourth-order valence-corrected chi connectivity index (χ4v) is 2.87. The Balaban J connectivity index is 2.51. The van der Waals surface area contributed by atoms with E-state index in [1.165, 1.54) is 29.9 Å². The van der Waals surface area contributed by atoms with Crippen LogP contribution >= 0.6 is 11.3 Å². The molecule has 114 valence electrons. The van der Waals surface area contributed by atoms with Crippen LogP contribution in [-0.4, -0.2) is 24.0 Å². The highest BCUT2D eigenvalue weighted by atomic mass is 32.2. The van der Waals surface area contributed by atoms with Crippen molar-refractivity contribution in [1.29, 1.82) is 0 Å². The number of pyridine rings is 1. The lowest BCUT2D eigenvalue weighted by molar-refractivity contribution is -0.0500. The van der Waals surface area contributed by atoms with Gasteiger partial charge in [-0.25, -0.2) is 0 Å². The first kappa shape index (κ1) is 15.7. The van der Waals surface area contributed by atoms with Crippen molar-refractivity contribution < 1.29 is 30.9 Å². The number of alkyl halides is 3. The molecule has 0 fully saturated rings. The van der Waals surface area contributed by atoms with E-state index in [1.807, 2.05) is 0 Å².